The van der Waals surface area contributed by atoms with Gasteiger partial charge in [-0.25, -0.2) is 0 Å². The van der Waals surface area contributed by atoms with Crippen LogP contribution in [0.3, 0.4) is 0 Å². The van der Waals surface area contributed by atoms with Crippen molar-refractivity contribution >= 4 is 37.9 Å². The molecule has 0 saturated heterocycles. The van der Waals surface area contributed by atoms with E-state index in [1.807, 2.05) is 12.1 Å². The van der Waals surface area contributed by atoms with E-state index in [-0.39, 0.29) is 0 Å². The summed E-state index contributed by atoms with van der Waals surface area (Å²) in [6, 6.07) is 40.3. The molecule has 6 aromatic rings. The molecule has 0 radical (unpaired) electrons. The molecule has 0 atom stereocenters. The summed E-state index contributed by atoms with van der Waals surface area (Å²) in [7, 11) is 0. The Balaban J connectivity index is 1.56. The Hall–Kier alpha value is -3.62. The van der Waals surface area contributed by atoms with E-state index in [1.54, 1.807) is 0 Å². The van der Waals surface area contributed by atoms with E-state index in [9.17, 15) is 0 Å². The van der Waals surface area contributed by atoms with Gasteiger partial charge in [0, 0.05) is 26.4 Å². The van der Waals surface area contributed by atoms with Crippen molar-refractivity contribution in [3.63, 3.8) is 0 Å². The molecule has 152 valence electrons. The van der Waals surface area contributed by atoms with Gasteiger partial charge >= 0.3 is 0 Å². The van der Waals surface area contributed by atoms with E-state index in [0.717, 1.165) is 48.7 Å². The van der Waals surface area contributed by atoms with Gasteiger partial charge in [0.15, 0.2) is 0 Å². The van der Waals surface area contributed by atoms with Crippen molar-refractivity contribution in [2.24, 2.45) is 0 Å². The van der Waals surface area contributed by atoms with Crippen molar-refractivity contribution in [1.29, 1.82) is 0 Å². The van der Waals surface area contributed by atoms with Crippen LogP contribution < -0.4 is 0 Å². The van der Waals surface area contributed by atoms with E-state index < -0.39 is 0 Å². The SMILES string of the molecule is Brc1cccc(-c2cccc(-c3cccc4c3oc3c(-c5ccccc5)cccc34)c2)c1. The molecule has 0 aliphatic heterocycles. The van der Waals surface area contributed by atoms with E-state index in [4.69, 9.17) is 4.42 Å². The standard InChI is InChI=1S/C30H19BrO/c31-24-13-5-11-22(19-24)21-10-4-12-23(18-21)26-15-7-17-28-27-16-6-14-25(29(27)32-30(26)28)20-8-2-1-3-9-20/h1-19H. The highest BCUT2D eigenvalue weighted by Gasteiger charge is 2.15. The highest BCUT2D eigenvalue weighted by molar-refractivity contribution is 9.10. The number of rotatable bonds is 3. The summed E-state index contributed by atoms with van der Waals surface area (Å²) in [4.78, 5) is 0. The maximum Gasteiger partial charge on any atom is 0.143 e. The number of hydrogen-bond acceptors (Lipinski definition) is 1. The Morgan fingerprint density at radius 2 is 0.969 bits per heavy atom. The largest absolute Gasteiger partial charge is 0.455 e. The van der Waals surface area contributed by atoms with Crippen molar-refractivity contribution in [2.75, 3.05) is 0 Å². The van der Waals surface area contributed by atoms with Crippen LogP contribution in [0.5, 0.6) is 0 Å². The molecule has 0 bridgehead atoms. The van der Waals surface area contributed by atoms with Crippen LogP contribution in [-0.2, 0) is 0 Å². The Morgan fingerprint density at radius 3 is 1.66 bits per heavy atom. The number of fused-ring (bicyclic) bond motifs is 3. The number of halogens is 1. The first-order chi connectivity index (χ1) is 15.8. The summed E-state index contributed by atoms with van der Waals surface area (Å²) in [5.74, 6) is 0. The number of benzene rings is 5. The molecule has 0 N–H and O–H groups in total. The number of hydrogen-bond donors (Lipinski definition) is 0. The molecule has 1 aromatic heterocycles. The average molecular weight is 475 g/mol. The zero-order valence-corrected chi connectivity index (χ0v) is 18.8. The zero-order valence-electron chi connectivity index (χ0n) is 17.3. The second-order valence-corrected chi connectivity index (χ2v) is 8.84. The van der Waals surface area contributed by atoms with Crippen LogP contribution >= 0.6 is 15.9 Å². The highest BCUT2D eigenvalue weighted by Crippen LogP contribution is 2.40. The van der Waals surface area contributed by atoms with Crippen LogP contribution in [0.2, 0.25) is 0 Å². The summed E-state index contributed by atoms with van der Waals surface area (Å²) in [6.45, 7) is 0. The van der Waals surface area contributed by atoms with E-state index in [2.05, 4.69) is 119 Å². The predicted molar refractivity (Wildman–Crippen MR) is 138 cm³/mol. The fraction of sp³-hybridized carbons (Fsp3) is 0. The van der Waals surface area contributed by atoms with E-state index >= 15 is 0 Å². The first kappa shape index (κ1) is 19.1. The van der Waals surface area contributed by atoms with Crippen LogP contribution in [0.1, 0.15) is 0 Å². The van der Waals surface area contributed by atoms with Crippen LogP contribution in [0.4, 0.5) is 0 Å². The molecular formula is C30H19BrO. The monoisotopic (exact) mass is 474 g/mol. The lowest BCUT2D eigenvalue weighted by Crippen LogP contribution is -1.82. The third-order valence-electron chi connectivity index (χ3n) is 5.94. The summed E-state index contributed by atoms with van der Waals surface area (Å²) in [5.41, 5.74) is 8.76. The van der Waals surface area contributed by atoms with Gasteiger partial charge in [0.25, 0.3) is 0 Å². The smallest absolute Gasteiger partial charge is 0.143 e. The summed E-state index contributed by atoms with van der Waals surface area (Å²) >= 11 is 3.59. The molecule has 32 heavy (non-hydrogen) atoms. The van der Waals surface area contributed by atoms with Crippen molar-refractivity contribution in [3.8, 4) is 33.4 Å². The molecule has 1 nitrogen and oxygen atoms in total. The lowest BCUT2D eigenvalue weighted by molar-refractivity contribution is 0.671. The molecule has 0 fully saturated rings. The predicted octanol–water partition coefficient (Wildman–Crippen LogP) is 9.35. The van der Waals surface area contributed by atoms with Crippen molar-refractivity contribution < 1.29 is 4.42 Å². The first-order valence-electron chi connectivity index (χ1n) is 10.6. The molecule has 0 aliphatic carbocycles. The van der Waals surface area contributed by atoms with Gasteiger partial charge in [-0.1, -0.05) is 113 Å². The Bertz CT molecular complexity index is 1580. The molecule has 0 aliphatic rings. The lowest BCUT2D eigenvalue weighted by atomic mass is 9.97. The topological polar surface area (TPSA) is 13.1 Å². The van der Waals surface area contributed by atoms with Crippen LogP contribution in [0.25, 0.3) is 55.3 Å². The molecule has 0 saturated carbocycles. The molecule has 0 unspecified atom stereocenters. The second-order valence-electron chi connectivity index (χ2n) is 7.92. The van der Waals surface area contributed by atoms with Gasteiger partial charge in [-0.15, -0.1) is 0 Å². The van der Waals surface area contributed by atoms with Crippen LogP contribution in [0, 0.1) is 0 Å². The van der Waals surface area contributed by atoms with Crippen LogP contribution in [-0.4, -0.2) is 0 Å². The van der Waals surface area contributed by atoms with Gasteiger partial charge in [0.2, 0.25) is 0 Å². The van der Waals surface area contributed by atoms with Crippen molar-refractivity contribution in [3.05, 3.63) is 120 Å². The number of furan rings is 1. The van der Waals surface area contributed by atoms with E-state index in [0.29, 0.717) is 0 Å². The third kappa shape index (κ3) is 3.24. The minimum atomic E-state index is 0.928. The summed E-state index contributed by atoms with van der Waals surface area (Å²) in [5, 5.41) is 2.29. The minimum absolute atomic E-state index is 0.928. The lowest BCUT2D eigenvalue weighted by Gasteiger charge is -2.07. The number of para-hydroxylation sites is 2. The van der Waals surface area contributed by atoms with Gasteiger partial charge in [0.1, 0.15) is 11.2 Å². The molecular weight excluding hydrogens is 456 g/mol. The molecule has 2 heteroatoms. The molecule has 5 aromatic carbocycles. The van der Waals surface area contributed by atoms with Gasteiger partial charge in [-0.3, -0.25) is 0 Å². The Labute approximate surface area is 195 Å². The Morgan fingerprint density at radius 1 is 0.438 bits per heavy atom. The summed E-state index contributed by atoms with van der Waals surface area (Å²) < 4.78 is 7.66. The maximum atomic E-state index is 6.58. The molecule has 0 spiro atoms. The Kier molecular flexibility index (Phi) is 4.66. The van der Waals surface area contributed by atoms with Crippen LogP contribution in [0.15, 0.2) is 124 Å². The minimum Gasteiger partial charge on any atom is -0.455 e. The zero-order chi connectivity index (χ0) is 21.5. The first-order valence-corrected chi connectivity index (χ1v) is 11.4. The molecule has 1 heterocycles. The van der Waals surface area contributed by atoms with Gasteiger partial charge in [-0.2, -0.15) is 0 Å². The van der Waals surface area contributed by atoms with Gasteiger partial charge in [-0.05, 0) is 40.5 Å². The van der Waals surface area contributed by atoms with Crippen molar-refractivity contribution in [1.82, 2.24) is 0 Å². The van der Waals surface area contributed by atoms with Gasteiger partial charge in [0.05, 0.1) is 0 Å². The second kappa shape index (κ2) is 7.81. The summed E-state index contributed by atoms with van der Waals surface area (Å²) in [6.07, 6.45) is 0. The quantitative estimate of drug-likeness (QED) is 0.249. The maximum absolute atomic E-state index is 6.58. The van der Waals surface area contributed by atoms with Crippen molar-refractivity contribution in [2.45, 2.75) is 0 Å². The fourth-order valence-corrected chi connectivity index (χ4v) is 4.83. The molecule has 0 amide bonds. The molecule has 6 rings (SSSR count). The highest BCUT2D eigenvalue weighted by atomic mass is 79.9. The fourth-order valence-electron chi connectivity index (χ4n) is 4.43. The third-order valence-corrected chi connectivity index (χ3v) is 6.43. The normalized spacial score (nSPS) is 11.3. The van der Waals surface area contributed by atoms with Gasteiger partial charge < -0.3 is 4.42 Å². The van der Waals surface area contributed by atoms with E-state index in [1.165, 1.54) is 11.1 Å². The average Bonchev–Trinajstić information content (AvgIpc) is 3.24.